The molecule has 0 N–H and O–H groups in total. The first kappa shape index (κ1) is 17.1. The van der Waals surface area contributed by atoms with Crippen LogP contribution >= 0.6 is 0 Å². The largest absolute Gasteiger partial charge is 0.342 e. The number of carbonyl (C=O) groups excluding carboxylic acids is 3. The van der Waals surface area contributed by atoms with E-state index in [-0.39, 0.29) is 23.6 Å². The number of piperidine rings is 1. The van der Waals surface area contributed by atoms with E-state index in [1.165, 1.54) is 0 Å². The molecule has 1 spiro atoms. The fourth-order valence-electron chi connectivity index (χ4n) is 4.81. The Bertz CT molecular complexity index is 767. The number of hydrogen-bond acceptors (Lipinski definition) is 3. The average Bonchev–Trinajstić information content (AvgIpc) is 3.15. The predicted molar refractivity (Wildman–Crippen MR) is 97.7 cm³/mol. The molecule has 1 aromatic rings. The lowest BCUT2D eigenvalue weighted by atomic mass is 9.73. The minimum atomic E-state index is -0.497. The number of likely N-dealkylation sites (N-methyl/N-ethyl adjacent to an activating group) is 1. The van der Waals surface area contributed by atoms with Crippen molar-refractivity contribution in [2.45, 2.75) is 31.6 Å². The van der Waals surface area contributed by atoms with Gasteiger partial charge in [-0.2, -0.15) is 0 Å². The highest BCUT2D eigenvalue weighted by Gasteiger charge is 2.51. The van der Waals surface area contributed by atoms with Crippen molar-refractivity contribution in [3.05, 3.63) is 29.8 Å². The highest BCUT2D eigenvalue weighted by molar-refractivity contribution is 6.08. The number of carbonyl (C=O) groups is 3. The molecule has 0 saturated carbocycles. The second kappa shape index (κ2) is 6.11. The average molecular weight is 355 g/mol. The van der Waals surface area contributed by atoms with Crippen molar-refractivity contribution in [1.29, 1.82) is 0 Å². The Morgan fingerprint density at radius 3 is 2.54 bits per heavy atom. The van der Waals surface area contributed by atoms with Crippen LogP contribution < -0.4 is 4.90 Å². The van der Waals surface area contributed by atoms with Gasteiger partial charge in [-0.3, -0.25) is 14.4 Å². The van der Waals surface area contributed by atoms with Gasteiger partial charge in [0.15, 0.2) is 0 Å². The summed E-state index contributed by atoms with van der Waals surface area (Å²) in [4.78, 5) is 43.1. The van der Waals surface area contributed by atoms with Crippen molar-refractivity contribution in [2.24, 2.45) is 5.92 Å². The first-order chi connectivity index (χ1) is 12.5. The van der Waals surface area contributed by atoms with Crippen LogP contribution in [0.15, 0.2) is 24.3 Å². The van der Waals surface area contributed by atoms with Crippen molar-refractivity contribution in [2.75, 3.05) is 38.1 Å². The molecule has 0 aliphatic carbocycles. The number of nitrogens with zero attached hydrogens (tertiary/aromatic N) is 3. The highest BCUT2D eigenvalue weighted by Crippen LogP contribution is 2.47. The summed E-state index contributed by atoms with van der Waals surface area (Å²) < 4.78 is 0. The van der Waals surface area contributed by atoms with Gasteiger partial charge in [-0.15, -0.1) is 0 Å². The molecule has 138 valence electrons. The first-order valence-corrected chi connectivity index (χ1v) is 9.42. The molecule has 1 atom stereocenters. The quantitative estimate of drug-likeness (QED) is 0.805. The molecular weight excluding hydrogens is 330 g/mol. The van der Waals surface area contributed by atoms with Gasteiger partial charge < -0.3 is 14.7 Å². The van der Waals surface area contributed by atoms with E-state index >= 15 is 0 Å². The van der Waals surface area contributed by atoms with Crippen molar-refractivity contribution < 1.29 is 14.4 Å². The van der Waals surface area contributed by atoms with Gasteiger partial charge in [0.1, 0.15) is 0 Å². The number of hydrogen-bond donors (Lipinski definition) is 0. The van der Waals surface area contributed by atoms with E-state index in [0.29, 0.717) is 45.4 Å². The highest BCUT2D eigenvalue weighted by atomic mass is 16.2. The summed E-state index contributed by atoms with van der Waals surface area (Å²) in [6.45, 7) is 4.27. The maximum Gasteiger partial charge on any atom is 0.237 e. The normalized spacial score (nSPS) is 24.5. The van der Waals surface area contributed by atoms with Crippen LogP contribution in [0.4, 0.5) is 5.69 Å². The lowest BCUT2D eigenvalue weighted by Crippen LogP contribution is -2.51. The van der Waals surface area contributed by atoms with Crippen LogP contribution in [0.25, 0.3) is 0 Å². The fraction of sp³-hybridized carbons (Fsp3) is 0.550. The smallest absolute Gasteiger partial charge is 0.237 e. The molecule has 6 nitrogen and oxygen atoms in total. The van der Waals surface area contributed by atoms with E-state index in [1.54, 1.807) is 9.80 Å². The zero-order chi connectivity index (χ0) is 18.5. The summed E-state index contributed by atoms with van der Waals surface area (Å²) in [7, 11) is 1.83. The third-order valence-electron chi connectivity index (χ3n) is 6.37. The molecule has 0 radical (unpaired) electrons. The van der Waals surface area contributed by atoms with Gasteiger partial charge in [0.2, 0.25) is 17.7 Å². The molecule has 4 rings (SSSR count). The number of anilines is 1. The maximum atomic E-state index is 13.0. The van der Waals surface area contributed by atoms with Crippen molar-refractivity contribution in [3.63, 3.8) is 0 Å². The molecule has 26 heavy (non-hydrogen) atoms. The monoisotopic (exact) mass is 355 g/mol. The molecule has 0 unspecified atom stereocenters. The lowest BCUT2D eigenvalue weighted by molar-refractivity contribution is -0.139. The summed E-state index contributed by atoms with van der Waals surface area (Å²) in [5, 5.41) is 0. The summed E-state index contributed by atoms with van der Waals surface area (Å²) >= 11 is 0. The minimum Gasteiger partial charge on any atom is -0.342 e. The predicted octanol–water partition coefficient (Wildman–Crippen LogP) is 1.39. The van der Waals surface area contributed by atoms with Crippen LogP contribution in [0.2, 0.25) is 0 Å². The summed E-state index contributed by atoms with van der Waals surface area (Å²) in [6.07, 6.45) is 1.62. The molecule has 3 heterocycles. The third-order valence-corrected chi connectivity index (χ3v) is 6.37. The summed E-state index contributed by atoms with van der Waals surface area (Å²) in [5.74, 6) is 0.0434. The van der Waals surface area contributed by atoms with Gasteiger partial charge in [-0.1, -0.05) is 18.2 Å². The van der Waals surface area contributed by atoms with E-state index in [1.807, 2.05) is 43.1 Å². The number of likely N-dealkylation sites (tertiary alicyclic amines) is 2. The Hall–Kier alpha value is -2.37. The standard InChI is InChI=1S/C20H25N3O3/c1-3-22-13-14(12-17(22)24)18(25)23-10-8-20(9-11-23)15-6-4-5-7-16(15)21(2)19(20)26/h4-7,14H,3,8-13H2,1-2H3/t14-/m1/s1. The van der Waals surface area contributed by atoms with Gasteiger partial charge >= 0.3 is 0 Å². The second-order valence-corrected chi connectivity index (χ2v) is 7.62. The Morgan fingerprint density at radius 1 is 1.19 bits per heavy atom. The van der Waals surface area contributed by atoms with E-state index in [9.17, 15) is 14.4 Å². The molecule has 3 amide bonds. The number of benzene rings is 1. The Morgan fingerprint density at radius 2 is 1.88 bits per heavy atom. The lowest BCUT2D eigenvalue weighted by Gasteiger charge is -2.39. The van der Waals surface area contributed by atoms with E-state index in [2.05, 4.69) is 0 Å². The number of para-hydroxylation sites is 1. The molecule has 0 aromatic heterocycles. The van der Waals surface area contributed by atoms with Gasteiger partial charge in [0.05, 0.1) is 11.3 Å². The zero-order valence-corrected chi connectivity index (χ0v) is 15.4. The van der Waals surface area contributed by atoms with Crippen molar-refractivity contribution in [1.82, 2.24) is 9.80 Å². The van der Waals surface area contributed by atoms with Crippen LogP contribution in [0.1, 0.15) is 31.7 Å². The molecule has 3 aliphatic heterocycles. The zero-order valence-electron chi connectivity index (χ0n) is 15.4. The topological polar surface area (TPSA) is 60.9 Å². The van der Waals surface area contributed by atoms with Gasteiger partial charge in [-0.25, -0.2) is 0 Å². The van der Waals surface area contributed by atoms with Crippen LogP contribution in [0.5, 0.6) is 0 Å². The Kier molecular flexibility index (Phi) is 4.01. The molecular formula is C20H25N3O3. The molecule has 6 heteroatoms. The van der Waals surface area contributed by atoms with E-state index in [0.717, 1.165) is 11.3 Å². The van der Waals surface area contributed by atoms with Crippen LogP contribution in [0, 0.1) is 5.92 Å². The van der Waals surface area contributed by atoms with Gasteiger partial charge in [0.25, 0.3) is 0 Å². The fourth-order valence-corrected chi connectivity index (χ4v) is 4.81. The SMILES string of the molecule is CCN1C[C@H](C(=O)N2CCC3(CC2)C(=O)N(C)c2ccccc23)CC1=O. The molecule has 2 saturated heterocycles. The van der Waals surface area contributed by atoms with Gasteiger partial charge in [-0.05, 0) is 31.4 Å². The summed E-state index contributed by atoms with van der Waals surface area (Å²) in [6, 6.07) is 7.97. The third kappa shape index (κ3) is 2.35. The van der Waals surface area contributed by atoms with Crippen LogP contribution in [-0.4, -0.2) is 60.7 Å². The number of fused-ring (bicyclic) bond motifs is 2. The molecule has 3 aliphatic rings. The maximum absolute atomic E-state index is 13.0. The van der Waals surface area contributed by atoms with E-state index in [4.69, 9.17) is 0 Å². The van der Waals surface area contributed by atoms with E-state index < -0.39 is 5.41 Å². The van der Waals surface area contributed by atoms with Crippen LogP contribution in [0.3, 0.4) is 0 Å². The molecule has 2 fully saturated rings. The first-order valence-electron chi connectivity index (χ1n) is 9.42. The molecule has 0 bridgehead atoms. The minimum absolute atomic E-state index is 0.0660. The summed E-state index contributed by atoms with van der Waals surface area (Å²) in [5.41, 5.74) is 1.58. The molecule has 1 aromatic carbocycles. The van der Waals surface area contributed by atoms with Crippen molar-refractivity contribution >= 4 is 23.4 Å². The number of amides is 3. The Balaban J connectivity index is 1.49. The second-order valence-electron chi connectivity index (χ2n) is 7.62. The van der Waals surface area contributed by atoms with Crippen molar-refractivity contribution in [3.8, 4) is 0 Å². The number of rotatable bonds is 2. The van der Waals surface area contributed by atoms with Crippen LogP contribution in [-0.2, 0) is 19.8 Å². The Labute approximate surface area is 153 Å². The van der Waals surface area contributed by atoms with Gasteiger partial charge in [0, 0.05) is 45.3 Å².